The van der Waals surface area contributed by atoms with Crippen molar-refractivity contribution in [2.24, 2.45) is 0 Å². The van der Waals surface area contributed by atoms with E-state index in [1.165, 1.54) is 10.4 Å². The second-order valence-corrected chi connectivity index (χ2v) is 8.50. The smallest absolute Gasteiger partial charge is 0.255 e. The highest BCUT2D eigenvalue weighted by Gasteiger charge is 2.25. The lowest BCUT2D eigenvalue weighted by molar-refractivity contribution is 0.102. The number of nitrogens with one attached hydrogen (secondary N) is 1. The lowest BCUT2D eigenvalue weighted by Crippen LogP contribution is -2.37. The zero-order valence-corrected chi connectivity index (χ0v) is 17.5. The van der Waals surface area contributed by atoms with Gasteiger partial charge in [-0.2, -0.15) is 4.31 Å². The number of amides is 1. The van der Waals surface area contributed by atoms with E-state index in [0.29, 0.717) is 50.6 Å². The number of carbonyl (C=O) groups is 1. The van der Waals surface area contributed by atoms with Crippen LogP contribution >= 0.6 is 0 Å². The zero-order valence-electron chi connectivity index (χ0n) is 16.7. The number of morpholine rings is 1. The number of ether oxygens (including phenoxy) is 1. The molecule has 0 unspecified atom stereocenters. The van der Waals surface area contributed by atoms with E-state index < -0.39 is 10.0 Å². The third-order valence-corrected chi connectivity index (χ3v) is 6.90. The van der Waals surface area contributed by atoms with Crippen LogP contribution in [0.3, 0.4) is 0 Å². The van der Waals surface area contributed by atoms with E-state index in [1.54, 1.807) is 50.5 Å². The normalized spacial score (nSPS) is 14.8. The van der Waals surface area contributed by atoms with E-state index in [-0.39, 0.29) is 10.8 Å². The van der Waals surface area contributed by atoms with Gasteiger partial charge in [0.05, 0.1) is 29.5 Å². The Labute approximate surface area is 171 Å². The van der Waals surface area contributed by atoms with Crippen LogP contribution in [-0.2, 0) is 14.8 Å². The van der Waals surface area contributed by atoms with Crippen molar-refractivity contribution in [3.63, 3.8) is 0 Å². The molecule has 2 aromatic rings. The second kappa shape index (κ2) is 9.34. The second-order valence-electron chi connectivity index (χ2n) is 6.56. The van der Waals surface area contributed by atoms with Crippen molar-refractivity contribution in [3.05, 3.63) is 48.3 Å². The van der Waals surface area contributed by atoms with Crippen molar-refractivity contribution in [1.82, 2.24) is 9.29 Å². The molecule has 0 saturated carbocycles. The quantitative estimate of drug-likeness (QED) is 0.741. The van der Waals surface area contributed by atoms with Gasteiger partial charge in [-0.3, -0.25) is 9.78 Å². The molecule has 0 bridgehead atoms. The summed E-state index contributed by atoms with van der Waals surface area (Å²) in [6.45, 7) is 6.85. The molecule has 1 saturated heterocycles. The minimum atomic E-state index is -3.64. The van der Waals surface area contributed by atoms with E-state index in [2.05, 4.69) is 15.2 Å². The van der Waals surface area contributed by atoms with Crippen molar-refractivity contribution in [2.45, 2.75) is 18.7 Å². The maximum absolute atomic E-state index is 13.0. The number of sulfonamides is 1. The number of rotatable bonds is 7. The van der Waals surface area contributed by atoms with Gasteiger partial charge in [-0.25, -0.2) is 8.42 Å². The van der Waals surface area contributed by atoms with Gasteiger partial charge in [0.25, 0.3) is 5.91 Å². The van der Waals surface area contributed by atoms with E-state index in [1.807, 2.05) is 0 Å². The maximum Gasteiger partial charge on any atom is 0.255 e. The number of benzene rings is 1. The monoisotopic (exact) mass is 418 g/mol. The summed E-state index contributed by atoms with van der Waals surface area (Å²) in [6, 6.07) is 8.11. The van der Waals surface area contributed by atoms with Gasteiger partial charge < -0.3 is 15.0 Å². The van der Waals surface area contributed by atoms with Crippen LogP contribution in [0.2, 0.25) is 0 Å². The van der Waals surface area contributed by atoms with Crippen LogP contribution in [0.25, 0.3) is 0 Å². The van der Waals surface area contributed by atoms with Crippen LogP contribution < -0.4 is 10.2 Å². The van der Waals surface area contributed by atoms with Crippen molar-refractivity contribution in [3.8, 4) is 0 Å². The lowest BCUT2D eigenvalue weighted by atomic mass is 10.2. The largest absolute Gasteiger partial charge is 0.378 e. The Morgan fingerprint density at radius 1 is 1.14 bits per heavy atom. The van der Waals surface area contributed by atoms with Crippen LogP contribution in [-0.4, -0.2) is 63.0 Å². The fraction of sp³-hybridized carbons (Fsp3) is 0.400. The molecule has 8 nitrogen and oxygen atoms in total. The Kier molecular flexibility index (Phi) is 6.83. The summed E-state index contributed by atoms with van der Waals surface area (Å²) >= 11 is 0. The fourth-order valence-corrected chi connectivity index (χ4v) is 4.75. The first-order valence-electron chi connectivity index (χ1n) is 9.65. The molecule has 1 amide bonds. The van der Waals surface area contributed by atoms with E-state index >= 15 is 0 Å². The molecule has 29 heavy (non-hydrogen) atoms. The first-order chi connectivity index (χ1) is 14.0. The van der Waals surface area contributed by atoms with Crippen molar-refractivity contribution in [1.29, 1.82) is 0 Å². The van der Waals surface area contributed by atoms with Crippen molar-refractivity contribution in [2.75, 3.05) is 49.6 Å². The SMILES string of the molecule is CCN(CC)S(=O)(=O)c1ccc(N2CCOCC2)c(NC(=O)c2ccncc2)c1. The number of hydrogen-bond acceptors (Lipinski definition) is 6. The highest BCUT2D eigenvalue weighted by molar-refractivity contribution is 7.89. The van der Waals surface area contributed by atoms with Gasteiger partial charge in [0, 0.05) is 44.1 Å². The Morgan fingerprint density at radius 2 is 1.79 bits per heavy atom. The molecular weight excluding hydrogens is 392 g/mol. The molecule has 2 heterocycles. The van der Waals surface area contributed by atoms with Crippen LogP contribution in [0, 0.1) is 0 Å². The third kappa shape index (κ3) is 4.75. The summed E-state index contributed by atoms with van der Waals surface area (Å²) in [4.78, 5) is 18.9. The first-order valence-corrected chi connectivity index (χ1v) is 11.1. The number of pyridine rings is 1. The number of aromatic nitrogens is 1. The average molecular weight is 419 g/mol. The van der Waals surface area contributed by atoms with Gasteiger partial charge in [0.15, 0.2) is 0 Å². The van der Waals surface area contributed by atoms with E-state index in [4.69, 9.17) is 4.74 Å². The predicted octanol–water partition coefficient (Wildman–Crippen LogP) is 2.20. The van der Waals surface area contributed by atoms with Crippen LogP contribution in [0.5, 0.6) is 0 Å². The number of carbonyl (C=O) groups excluding carboxylic acids is 1. The highest BCUT2D eigenvalue weighted by atomic mass is 32.2. The Hall–Kier alpha value is -2.49. The summed E-state index contributed by atoms with van der Waals surface area (Å²) in [5.41, 5.74) is 1.68. The number of hydrogen-bond donors (Lipinski definition) is 1. The molecule has 156 valence electrons. The minimum Gasteiger partial charge on any atom is -0.378 e. The van der Waals surface area contributed by atoms with E-state index in [9.17, 15) is 13.2 Å². The topological polar surface area (TPSA) is 91.8 Å². The molecule has 1 aromatic heterocycles. The molecule has 1 N–H and O–H groups in total. The van der Waals surface area contributed by atoms with Gasteiger partial charge in [-0.1, -0.05) is 13.8 Å². The minimum absolute atomic E-state index is 0.156. The van der Waals surface area contributed by atoms with Gasteiger partial charge in [0.2, 0.25) is 10.0 Å². The lowest BCUT2D eigenvalue weighted by Gasteiger charge is -2.31. The Morgan fingerprint density at radius 3 is 2.41 bits per heavy atom. The van der Waals surface area contributed by atoms with Crippen molar-refractivity contribution >= 4 is 27.3 Å². The first kappa shape index (κ1) is 21.2. The molecule has 1 fully saturated rings. The molecule has 0 atom stereocenters. The van der Waals surface area contributed by atoms with Gasteiger partial charge in [-0.15, -0.1) is 0 Å². The summed E-state index contributed by atoms with van der Waals surface area (Å²) in [6.07, 6.45) is 3.08. The van der Waals surface area contributed by atoms with E-state index in [0.717, 1.165) is 5.69 Å². The van der Waals surface area contributed by atoms with Gasteiger partial charge in [-0.05, 0) is 30.3 Å². The highest BCUT2D eigenvalue weighted by Crippen LogP contribution is 2.31. The van der Waals surface area contributed by atoms with Crippen molar-refractivity contribution < 1.29 is 17.9 Å². The summed E-state index contributed by atoms with van der Waals surface area (Å²) < 4.78 is 32.7. The molecular formula is C20H26N4O4S. The third-order valence-electron chi connectivity index (χ3n) is 4.85. The summed E-state index contributed by atoms with van der Waals surface area (Å²) in [5, 5.41) is 2.88. The average Bonchev–Trinajstić information content (AvgIpc) is 2.75. The molecule has 3 rings (SSSR count). The summed E-state index contributed by atoms with van der Waals surface area (Å²) in [7, 11) is -3.64. The molecule has 9 heteroatoms. The maximum atomic E-state index is 13.0. The molecule has 0 spiro atoms. The Bertz CT molecular complexity index is 940. The van der Waals surface area contributed by atoms with Crippen LogP contribution in [0.15, 0.2) is 47.6 Å². The molecule has 1 aliphatic heterocycles. The molecule has 0 radical (unpaired) electrons. The Balaban J connectivity index is 2.00. The van der Waals surface area contributed by atoms with Gasteiger partial charge in [0.1, 0.15) is 0 Å². The molecule has 1 aromatic carbocycles. The zero-order chi connectivity index (χ0) is 20.9. The van der Waals surface area contributed by atoms with Gasteiger partial charge >= 0.3 is 0 Å². The number of nitrogens with zero attached hydrogens (tertiary/aromatic N) is 3. The van der Waals surface area contributed by atoms with Crippen LogP contribution in [0.1, 0.15) is 24.2 Å². The standard InChI is InChI=1S/C20H26N4O4S/c1-3-24(4-2)29(26,27)17-5-6-19(23-11-13-28-14-12-23)18(15-17)22-20(25)16-7-9-21-10-8-16/h5-10,15H,3-4,11-14H2,1-2H3,(H,22,25). The summed E-state index contributed by atoms with van der Waals surface area (Å²) in [5.74, 6) is -0.320. The fourth-order valence-electron chi connectivity index (χ4n) is 3.27. The number of anilines is 2. The predicted molar refractivity (Wildman–Crippen MR) is 112 cm³/mol. The molecule has 1 aliphatic rings. The van der Waals surface area contributed by atoms with Crippen LogP contribution in [0.4, 0.5) is 11.4 Å². The molecule has 0 aliphatic carbocycles.